The summed E-state index contributed by atoms with van der Waals surface area (Å²) in [7, 11) is 3.50. The Balaban J connectivity index is 0.00000364. The zero-order valence-electron chi connectivity index (χ0n) is 17.4. The van der Waals surface area contributed by atoms with Crippen molar-refractivity contribution in [2.24, 2.45) is 10.9 Å². The molecule has 1 amide bonds. The number of methoxy groups -OCH3 is 1. The highest BCUT2D eigenvalue weighted by molar-refractivity contribution is 14.0. The number of nitrogens with one attached hydrogen (secondary N) is 2. The molecule has 0 radical (unpaired) electrons. The van der Waals surface area contributed by atoms with Gasteiger partial charge in [0.25, 0.3) is 0 Å². The summed E-state index contributed by atoms with van der Waals surface area (Å²) in [5, 5.41) is 6.65. The van der Waals surface area contributed by atoms with Crippen molar-refractivity contribution < 1.29 is 9.53 Å². The Hall–Kier alpha value is -0.610. The van der Waals surface area contributed by atoms with Gasteiger partial charge in [0.2, 0.25) is 5.91 Å². The van der Waals surface area contributed by atoms with Crippen LogP contribution in [-0.2, 0) is 9.53 Å². The quantitative estimate of drug-likeness (QED) is 0.319. The molecule has 0 aromatic heterocycles. The predicted octanol–water partition coefficient (Wildman–Crippen LogP) is 1.53. The molecule has 1 aliphatic heterocycles. The number of ether oxygens (including phenoxy) is 1. The number of nitrogens with zero attached hydrogens (tertiary/aromatic N) is 3. The van der Waals surface area contributed by atoms with Gasteiger partial charge in [-0.05, 0) is 26.7 Å². The maximum Gasteiger partial charge on any atom is 0.225 e. The third kappa shape index (κ3) is 8.11. The van der Waals surface area contributed by atoms with E-state index in [2.05, 4.69) is 25.4 Å². The first-order valence-electron chi connectivity index (χ1n) is 9.96. The van der Waals surface area contributed by atoms with Gasteiger partial charge < -0.3 is 20.3 Å². The molecule has 0 aromatic carbocycles. The number of hydrogen-bond donors (Lipinski definition) is 2. The van der Waals surface area contributed by atoms with Crippen LogP contribution in [0, 0.1) is 5.92 Å². The molecule has 0 spiro atoms. The molecule has 0 bridgehead atoms. The average Bonchev–Trinajstić information content (AvgIpc) is 3.19. The smallest absolute Gasteiger partial charge is 0.225 e. The van der Waals surface area contributed by atoms with E-state index in [1.165, 1.54) is 12.8 Å². The lowest BCUT2D eigenvalue weighted by molar-refractivity contribution is -0.137. The SMILES string of the molecule is CN=C(NCCN1CCN(C(=O)C2CCCC2)CC1)NCC(C)(C)OC.I. The first kappa shape index (κ1) is 24.4. The number of amides is 1. The molecule has 2 N–H and O–H groups in total. The summed E-state index contributed by atoms with van der Waals surface area (Å²) in [5.41, 5.74) is -0.222. The molecule has 0 aromatic rings. The van der Waals surface area contributed by atoms with Gasteiger partial charge in [0.1, 0.15) is 0 Å². The molecular weight excluding hydrogens is 457 g/mol. The molecule has 2 fully saturated rings. The highest BCUT2D eigenvalue weighted by Crippen LogP contribution is 2.26. The fourth-order valence-electron chi connectivity index (χ4n) is 3.54. The van der Waals surface area contributed by atoms with Crippen LogP contribution in [0.15, 0.2) is 4.99 Å². The van der Waals surface area contributed by atoms with Crippen molar-refractivity contribution in [2.45, 2.75) is 45.1 Å². The molecule has 2 rings (SSSR count). The summed E-state index contributed by atoms with van der Waals surface area (Å²) in [6.45, 7) is 10.2. The number of guanidine groups is 1. The highest BCUT2D eigenvalue weighted by Gasteiger charge is 2.29. The monoisotopic (exact) mass is 495 g/mol. The molecule has 158 valence electrons. The van der Waals surface area contributed by atoms with E-state index in [0.29, 0.717) is 18.4 Å². The van der Waals surface area contributed by atoms with Crippen molar-refractivity contribution in [3.63, 3.8) is 0 Å². The Bertz CT molecular complexity index is 473. The van der Waals surface area contributed by atoms with E-state index >= 15 is 0 Å². The van der Waals surface area contributed by atoms with E-state index in [9.17, 15) is 4.79 Å². The minimum Gasteiger partial charge on any atom is -0.377 e. The number of carbonyl (C=O) groups excluding carboxylic acids is 1. The van der Waals surface area contributed by atoms with Crippen molar-refractivity contribution in [1.82, 2.24) is 20.4 Å². The molecule has 1 saturated carbocycles. The van der Waals surface area contributed by atoms with Gasteiger partial charge in [0.15, 0.2) is 5.96 Å². The molecule has 1 saturated heterocycles. The summed E-state index contributed by atoms with van der Waals surface area (Å²) in [6, 6.07) is 0. The molecule has 0 unspecified atom stereocenters. The minimum absolute atomic E-state index is 0. The van der Waals surface area contributed by atoms with E-state index < -0.39 is 0 Å². The third-order valence-electron chi connectivity index (χ3n) is 5.57. The zero-order valence-corrected chi connectivity index (χ0v) is 19.8. The van der Waals surface area contributed by atoms with Gasteiger partial charge in [-0.25, -0.2) is 0 Å². The van der Waals surface area contributed by atoms with Crippen LogP contribution in [0.25, 0.3) is 0 Å². The lowest BCUT2D eigenvalue weighted by atomic mass is 10.1. The first-order chi connectivity index (χ1) is 12.4. The standard InChI is InChI=1S/C19H37N5O2.HI/c1-19(2,26-4)15-22-18(20-3)21-9-10-23-11-13-24(14-12-23)17(25)16-7-5-6-8-16;/h16H,5-15H2,1-4H3,(H2,20,21,22);1H. The summed E-state index contributed by atoms with van der Waals surface area (Å²) in [5.74, 6) is 1.49. The van der Waals surface area contributed by atoms with Gasteiger partial charge in [0.05, 0.1) is 5.60 Å². The second kappa shape index (κ2) is 12.1. The van der Waals surface area contributed by atoms with Crippen molar-refractivity contribution in [1.29, 1.82) is 0 Å². The van der Waals surface area contributed by atoms with Gasteiger partial charge in [-0.1, -0.05) is 12.8 Å². The fraction of sp³-hybridized carbons (Fsp3) is 0.895. The third-order valence-corrected chi connectivity index (χ3v) is 5.57. The summed E-state index contributed by atoms with van der Waals surface area (Å²) < 4.78 is 5.41. The van der Waals surface area contributed by atoms with E-state index in [1.807, 2.05) is 13.8 Å². The van der Waals surface area contributed by atoms with Crippen LogP contribution in [0.1, 0.15) is 39.5 Å². The molecule has 1 aliphatic carbocycles. The number of aliphatic imine (C=N–C) groups is 1. The van der Waals surface area contributed by atoms with E-state index in [-0.39, 0.29) is 29.6 Å². The van der Waals surface area contributed by atoms with Gasteiger partial charge in [-0.15, -0.1) is 24.0 Å². The van der Waals surface area contributed by atoms with Gasteiger partial charge >= 0.3 is 0 Å². The number of piperazine rings is 1. The van der Waals surface area contributed by atoms with E-state index in [4.69, 9.17) is 4.74 Å². The topological polar surface area (TPSA) is 69.2 Å². The van der Waals surface area contributed by atoms with E-state index in [0.717, 1.165) is 58.1 Å². The second-order valence-electron chi connectivity index (χ2n) is 7.96. The Kier molecular flexibility index (Phi) is 10.9. The normalized spacial score (nSPS) is 19.7. The Morgan fingerprint density at radius 1 is 1.15 bits per heavy atom. The molecular formula is C19H38IN5O2. The van der Waals surface area contributed by atoms with Crippen LogP contribution in [0.3, 0.4) is 0 Å². The van der Waals surface area contributed by atoms with Crippen molar-refractivity contribution in [3.05, 3.63) is 0 Å². The summed E-state index contributed by atoms with van der Waals surface area (Å²) >= 11 is 0. The molecule has 8 heteroatoms. The maximum atomic E-state index is 12.5. The van der Waals surface area contributed by atoms with Crippen LogP contribution >= 0.6 is 24.0 Å². The summed E-state index contributed by atoms with van der Waals surface area (Å²) in [6.07, 6.45) is 4.63. The van der Waals surface area contributed by atoms with Crippen molar-refractivity contribution in [2.75, 3.05) is 60.0 Å². The van der Waals surface area contributed by atoms with Crippen molar-refractivity contribution >= 4 is 35.8 Å². The van der Waals surface area contributed by atoms with Crippen LogP contribution < -0.4 is 10.6 Å². The van der Waals surface area contributed by atoms with Gasteiger partial charge in [-0.2, -0.15) is 0 Å². The van der Waals surface area contributed by atoms with Crippen LogP contribution in [-0.4, -0.2) is 87.2 Å². The lowest BCUT2D eigenvalue weighted by Crippen LogP contribution is -2.52. The number of hydrogen-bond acceptors (Lipinski definition) is 4. The van der Waals surface area contributed by atoms with Crippen molar-refractivity contribution in [3.8, 4) is 0 Å². The largest absolute Gasteiger partial charge is 0.377 e. The molecule has 0 atom stereocenters. The molecule has 27 heavy (non-hydrogen) atoms. The summed E-state index contributed by atoms with van der Waals surface area (Å²) in [4.78, 5) is 21.2. The number of carbonyl (C=O) groups is 1. The first-order valence-corrected chi connectivity index (χ1v) is 9.96. The van der Waals surface area contributed by atoms with Crippen LogP contribution in [0.2, 0.25) is 0 Å². The van der Waals surface area contributed by atoms with Gasteiger partial charge in [0, 0.05) is 65.9 Å². The number of rotatable bonds is 7. The van der Waals surface area contributed by atoms with Crippen LogP contribution in [0.5, 0.6) is 0 Å². The predicted molar refractivity (Wildman–Crippen MR) is 121 cm³/mol. The number of halogens is 1. The molecule has 7 nitrogen and oxygen atoms in total. The Labute approximate surface area is 181 Å². The second-order valence-corrected chi connectivity index (χ2v) is 7.96. The molecule has 1 heterocycles. The highest BCUT2D eigenvalue weighted by atomic mass is 127. The Morgan fingerprint density at radius 2 is 1.78 bits per heavy atom. The zero-order chi connectivity index (χ0) is 19.0. The van der Waals surface area contributed by atoms with Crippen LogP contribution in [0.4, 0.5) is 0 Å². The minimum atomic E-state index is -0.222. The average molecular weight is 495 g/mol. The van der Waals surface area contributed by atoms with Gasteiger partial charge in [-0.3, -0.25) is 14.7 Å². The Morgan fingerprint density at radius 3 is 2.33 bits per heavy atom. The van der Waals surface area contributed by atoms with E-state index in [1.54, 1.807) is 14.2 Å². The lowest BCUT2D eigenvalue weighted by Gasteiger charge is -2.36. The fourth-order valence-corrected chi connectivity index (χ4v) is 3.54. The maximum absolute atomic E-state index is 12.5. The molecule has 2 aliphatic rings.